The maximum absolute atomic E-state index is 11.5. The van der Waals surface area contributed by atoms with Gasteiger partial charge in [0.05, 0.1) is 0 Å². The highest BCUT2D eigenvalue weighted by molar-refractivity contribution is 5.92. The fourth-order valence-corrected chi connectivity index (χ4v) is 1.15. The monoisotopic (exact) mass is 211 g/mol. The Morgan fingerprint density at radius 2 is 2.47 bits per heavy atom. The van der Waals surface area contributed by atoms with E-state index in [1.54, 1.807) is 24.0 Å². The van der Waals surface area contributed by atoms with Crippen molar-refractivity contribution in [1.29, 1.82) is 0 Å². The van der Waals surface area contributed by atoms with E-state index < -0.39 is 0 Å². The maximum Gasteiger partial charge on any atom is 0.271 e. The molecule has 84 valence electrons. The van der Waals surface area contributed by atoms with Crippen molar-refractivity contribution in [2.75, 3.05) is 19.8 Å². The van der Waals surface area contributed by atoms with Crippen molar-refractivity contribution in [3.63, 3.8) is 0 Å². The number of aryl methyl sites for hydroxylation is 1. The van der Waals surface area contributed by atoms with Gasteiger partial charge in [-0.05, 0) is 19.4 Å². The van der Waals surface area contributed by atoms with Gasteiger partial charge in [-0.3, -0.25) is 9.48 Å². The van der Waals surface area contributed by atoms with E-state index in [1.807, 2.05) is 6.92 Å². The number of hydrogen-bond donors (Lipinski definition) is 1. The Kier molecular flexibility index (Phi) is 4.83. The lowest BCUT2D eigenvalue weighted by Gasteiger charge is -2.03. The molecule has 0 aliphatic heterocycles. The molecule has 0 unspecified atom stereocenters. The van der Waals surface area contributed by atoms with Gasteiger partial charge in [0.25, 0.3) is 5.91 Å². The predicted molar refractivity (Wildman–Crippen MR) is 56.7 cm³/mol. The van der Waals surface area contributed by atoms with Gasteiger partial charge in [0.2, 0.25) is 0 Å². The number of carbonyl (C=O) groups excluding carboxylic acids is 1. The summed E-state index contributed by atoms with van der Waals surface area (Å²) in [6.45, 7) is 3.97. The average Bonchev–Trinajstić information content (AvgIpc) is 2.64. The van der Waals surface area contributed by atoms with Crippen LogP contribution in [0.1, 0.15) is 23.8 Å². The normalized spacial score (nSPS) is 10.3. The summed E-state index contributed by atoms with van der Waals surface area (Å²) in [6.07, 6.45) is 2.57. The molecule has 0 radical (unpaired) electrons. The van der Waals surface area contributed by atoms with Crippen LogP contribution in [0.5, 0.6) is 0 Å². The van der Waals surface area contributed by atoms with Gasteiger partial charge in [-0.25, -0.2) is 0 Å². The Morgan fingerprint density at radius 3 is 3.07 bits per heavy atom. The van der Waals surface area contributed by atoms with E-state index >= 15 is 0 Å². The number of hydrogen-bond acceptors (Lipinski definition) is 3. The molecule has 5 heteroatoms. The van der Waals surface area contributed by atoms with Gasteiger partial charge in [-0.1, -0.05) is 0 Å². The molecule has 1 heterocycles. The fourth-order valence-electron chi connectivity index (χ4n) is 1.15. The Labute approximate surface area is 89.4 Å². The van der Waals surface area contributed by atoms with E-state index in [2.05, 4.69) is 10.4 Å². The van der Waals surface area contributed by atoms with Crippen molar-refractivity contribution in [1.82, 2.24) is 15.1 Å². The second-order valence-electron chi connectivity index (χ2n) is 3.18. The lowest BCUT2D eigenvalue weighted by atomic mass is 10.4. The van der Waals surface area contributed by atoms with Crippen molar-refractivity contribution < 1.29 is 9.53 Å². The summed E-state index contributed by atoms with van der Waals surface area (Å²) in [5.41, 5.74) is 0.453. The first-order valence-electron chi connectivity index (χ1n) is 5.09. The molecule has 0 aliphatic carbocycles. The third-order valence-corrected chi connectivity index (χ3v) is 1.90. The molecule has 1 aromatic rings. The molecule has 15 heavy (non-hydrogen) atoms. The van der Waals surface area contributed by atoms with E-state index in [4.69, 9.17) is 4.74 Å². The number of carbonyl (C=O) groups is 1. The first-order valence-corrected chi connectivity index (χ1v) is 5.09. The third kappa shape index (κ3) is 4.12. The first kappa shape index (κ1) is 11.7. The molecule has 1 amide bonds. The van der Waals surface area contributed by atoms with Gasteiger partial charge in [0.15, 0.2) is 0 Å². The topological polar surface area (TPSA) is 56.1 Å². The molecule has 0 aliphatic rings. The molecule has 5 nitrogen and oxygen atoms in total. The number of nitrogens with zero attached hydrogens (tertiary/aromatic N) is 2. The minimum absolute atomic E-state index is 0.132. The summed E-state index contributed by atoms with van der Waals surface area (Å²) in [6, 6.07) is 1.69. The summed E-state index contributed by atoms with van der Waals surface area (Å²) in [4.78, 5) is 11.5. The van der Waals surface area contributed by atoms with Crippen molar-refractivity contribution >= 4 is 5.91 Å². The van der Waals surface area contributed by atoms with E-state index in [0.29, 0.717) is 25.5 Å². The zero-order chi connectivity index (χ0) is 11.1. The summed E-state index contributed by atoms with van der Waals surface area (Å²) < 4.78 is 6.76. The average molecular weight is 211 g/mol. The molecular weight excluding hydrogens is 194 g/mol. The Bertz CT molecular complexity index is 309. The maximum atomic E-state index is 11.5. The van der Waals surface area contributed by atoms with Crippen molar-refractivity contribution in [3.8, 4) is 0 Å². The van der Waals surface area contributed by atoms with Gasteiger partial charge in [0, 0.05) is 33.0 Å². The smallest absolute Gasteiger partial charge is 0.271 e. The van der Waals surface area contributed by atoms with Gasteiger partial charge in [-0.2, -0.15) is 5.10 Å². The Morgan fingerprint density at radius 1 is 1.67 bits per heavy atom. The highest BCUT2D eigenvalue weighted by atomic mass is 16.5. The Hall–Kier alpha value is -1.36. The van der Waals surface area contributed by atoms with Crippen LogP contribution in [0, 0.1) is 0 Å². The summed E-state index contributed by atoms with van der Waals surface area (Å²) in [5.74, 6) is -0.132. The van der Waals surface area contributed by atoms with Crippen LogP contribution in [-0.4, -0.2) is 35.4 Å². The third-order valence-electron chi connectivity index (χ3n) is 1.90. The molecule has 1 aromatic heterocycles. The molecule has 0 atom stereocenters. The molecule has 0 fully saturated rings. The molecular formula is C10H17N3O2. The largest absolute Gasteiger partial charge is 0.382 e. The number of aromatic nitrogens is 2. The van der Waals surface area contributed by atoms with Gasteiger partial charge < -0.3 is 10.1 Å². The van der Waals surface area contributed by atoms with Crippen molar-refractivity contribution in [2.24, 2.45) is 7.05 Å². The van der Waals surface area contributed by atoms with E-state index in [9.17, 15) is 4.79 Å². The van der Waals surface area contributed by atoms with Gasteiger partial charge >= 0.3 is 0 Å². The molecule has 0 bridgehead atoms. The molecule has 1 N–H and O–H groups in total. The second kappa shape index (κ2) is 6.19. The first-order chi connectivity index (χ1) is 7.24. The number of amides is 1. The zero-order valence-electron chi connectivity index (χ0n) is 9.19. The number of rotatable bonds is 6. The SMILES string of the molecule is CCOCCCNC(=O)c1ccn(C)n1. The minimum atomic E-state index is -0.132. The Balaban J connectivity index is 2.19. The van der Waals surface area contributed by atoms with Crippen LogP contribution in [0.2, 0.25) is 0 Å². The van der Waals surface area contributed by atoms with Crippen molar-refractivity contribution in [2.45, 2.75) is 13.3 Å². The minimum Gasteiger partial charge on any atom is -0.382 e. The summed E-state index contributed by atoms with van der Waals surface area (Å²) in [5, 5.41) is 6.78. The molecule has 0 spiro atoms. The number of nitrogens with one attached hydrogen (secondary N) is 1. The molecule has 0 saturated carbocycles. The van der Waals surface area contributed by atoms with Crippen LogP contribution in [0.3, 0.4) is 0 Å². The van der Waals surface area contributed by atoms with E-state index in [-0.39, 0.29) is 5.91 Å². The van der Waals surface area contributed by atoms with Crippen LogP contribution < -0.4 is 5.32 Å². The summed E-state index contributed by atoms with van der Waals surface area (Å²) in [7, 11) is 1.78. The van der Waals surface area contributed by atoms with Crippen LogP contribution in [0.25, 0.3) is 0 Å². The quantitative estimate of drug-likeness (QED) is 0.700. The highest BCUT2D eigenvalue weighted by Crippen LogP contribution is 1.93. The van der Waals surface area contributed by atoms with Crippen LogP contribution in [0.4, 0.5) is 0 Å². The van der Waals surface area contributed by atoms with E-state index in [1.165, 1.54) is 0 Å². The second-order valence-corrected chi connectivity index (χ2v) is 3.18. The standard InChI is InChI=1S/C10H17N3O2/c1-3-15-8-4-6-11-10(14)9-5-7-13(2)12-9/h5,7H,3-4,6,8H2,1-2H3,(H,11,14). The van der Waals surface area contributed by atoms with Gasteiger partial charge in [-0.15, -0.1) is 0 Å². The zero-order valence-corrected chi connectivity index (χ0v) is 9.19. The molecule has 0 saturated heterocycles. The van der Waals surface area contributed by atoms with Crippen LogP contribution in [0.15, 0.2) is 12.3 Å². The highest BCUT2D eigenvalue weighted by Gasteiger charge is 2.06. The molecule has 1 rings (SSSR count). The van der Waals surface area contributed by atoms with Crippen molar-refractivity contribution in [3.05, 3.63) is 18.0 Å². The lowest BCUT2D eigenvalue weighted by Crippen LogP contribution is -2.25. The lowest BCUT2D eigenvalue weighted by molar-refractivity contribution is 0.0938. The summed E-state index contributed by atoms with van der Waals surface area (Å²) >= 11 is 0. The van der Waals surface area contributed by atoms with Crippen LogP contribution in [-0.2, 0) is 11.8 Å². The van der Waals surface area contributed by atoms with Crippen LogP contribution >= 0.6 is 0 Å². The number of ether oxygens (including phenoxy) is 1. The molecule has 0 aromatic carbocycles. The van der Waals surface area contributed by atoms with Gasteiger partial charge in [0.1, 0.15) is 5.69 Å². The fraction of sp³-hybridized carbons (Fsp3) is 0.600. The van der Waals surface area contributed by atoms with E-state index in [0.717, 1.165) is 6.42 Å². The predicted octanol–water partition coefficient (Wildman–Crippen LogP) is 0.577.